The number of nitriles is 1. The molecule has 3 rings (SSSR count). The first-order chi connectivity index (χ1) is 9.74. The maximum absolute atomic E-state index is 8.66. The lowest BCUT2D eigenvalue weighted by atomic mass is 10.1. The maximum Gasteiger partial charge on any atom is 0.237 e. The molecule has 0 fully saturated rings. The highest BCUT2D eigenvalue weighted by Gasteiger charge is 2.02. The van der Waals surface area contributed by atoms with E-state index in [-0.39, 0.29) is 5.69 Å². The van der Waals surface area contributed by atoms with Crippen LogP contribution in [0.1, 0.15) is 5.69 Å². The van der Waals surface area contributed by atoms with Crippen molar-refractivity contribution in [2.75, 3.05) is 0 Å². The van der Waals surface area contributed by atoms with Gasteiger partial charge >= 0.3 is 0 Å². The molecule has 0 radical (unpaired) electrons. The van der Waals surface area contributed by atoms with Gasteiger partial charge in [-0.05, 0) is 35.0 Å². The van der Waals surface area contributed by atoms with Crippen molar-refractivity contribution in [3.05, 3.63) is 59.0 Å². The Morgan fingerprint density at radius 1 is 1.00 bits per heavy atom. The van der Waals surface area contributed by atoms with Crippen LogP contribution >= 0.6 is 15.9 Å². The highest BCUT2D eigenvalue weighted by atomic mass is 79.9. The molecule has 0 aliphatic carbocycles. The molecule has 3 aromatic rings. The highest BCUT2D eigenvalue weighted by Crippen LogP contribution is 2.26. The summed E-state index contributed by atoms with van der Waals surface area (Å²) in [5, 5.41) is 10.9. The van der Waals surface area contributed by atoms with Crippen molar-refractivity contribution in [2.24, 2.45) is 0 Å². The summed E-state index contributed by atoms with van der Waals surface area (Å²) in [6.45, 7) is 0. The first kappa shape index (κ1) is 12.6. The summed E-state index contributed by atoms with van der Waals surface area (Å²) < 4.78 is 6.66. The number of benzene rings is 2. The van der Waals surface area contributed by atoms with E-state index in [1.54, 1.807) is 0 Å². The van der Waals surface area contributed by atoms with Crippen LogP contribution in [-0.4, -0.2) is 9.97 Å². The molecule has 96 valence electrons. The molecule has 0 aliphatic rings. The monoisotopic (exact) mass is 325 g/mol. The topological polar surface area (TPSA) is 58.8 Å². The maximum atomic E-state index is 8.66. The van der Waals surface area contributed by atoms with Crippen molar-refractivity contribution in [3.63, 3.8) is 0 Å². The van der Waals surface area contributed by atoms with Crippen LogP contribution in [-0.2, 0) is 0 Å². The average molecular weight is 326 g/mol. The summed E-state index contributed by atoms with van der Waals surface area (Å²) in [6, 6.07) is 13.7. The Hall–Kier alpha value is -2.45. The van der Waals surface area contributed by atoms with Gasteiger partial charge in [-0.1, -0.05) is 28.1 Å². The zero-order chi connectivity index (χ0) is 13.9. The predicted molar refractivity (Wildman–Crippen MR) is 78.5 cm³/mol. The predicted octanol–water partition coefficient (Wildman–Crippen LogP) is 4.06. The number of aromatic nitrogens is 2. The summed E-state index contributed by atoms with van der Waals surface area (Å²) in [6.07, 6.45) is 2.82. The Kier molecular flexibility index (Phi) is 3.32. The zero-order valence-electron chi connectivity index (χ0n) is 10.2. The van der Waals surface area contributed by atoms with E-state index < -0.39 is 0 Å². The standard InChI is InChI=1S/C15H8BrN3O/c16-12-3-1-11-6-14(4-2-10(11)5-12)20-15-9-18-13(7-17)8-19-15/h1-6,8-9H. The molecule has 0 spiro atoms. The van der Waals surface area contributed by atoms with E-state index in [0.717, 1.165) is 15.2 Å². The Morgan fingerprint density at radius 3 is 2.55 bits per heavy atom. The highest BCUT2D eigenvalue weighted by molar-refractivity contribution is 9.10. The quantitative estimate of drug-likeness (QED) is 0.713. The van der Waals surface area contributed by atoms with Crippen LogP contribution in [0.4, 0.5) is 0 Å². The average Bonchev–Trinajstić information content (AvgIpc) is 2.48. The van der Waals surface area contributed by atoms with E-state index in [0.29, 0.717) is 11.6 Å². The van der Waals surface area contributed by atoms with Crippen LogP contribution in [0.2, 0.25) is 0 Å². The van der Waals surface area contributed by atoms with Crippen LogP contribution < -0.4 is 4.74 Å². The molecule has 0 atom stereocenters. The molecule has 5 heteroatoms. The number of hydrogen-bond acceptors (Lipinski definition) is 4. The van der Waals surface area contributed by atoms with Gasteiger partial charge in [-0.25, -0.2) is 9.97 Å². The molecule has 0 saturated carbocycles. The Labute approximate surface area is 123 Å². The third-order valence-corrected chi connectivity index (χ3v) is 3.23. The van der Waals surface area contributed by atoms with Crippen molar-refractivity contribution in [2.45, 2.75) is 0 Å². The van der Waals surface area contributed by atoms with Crippen molar-refractivity contribution in [3.8, 4) is 17.7 Å². The molecule has 4 nitrogen and oxygen atoms in total. The van der Waals surface area contributed by atoms with Crippen LogP contribution in [0, 0.1) is 11.3 Å². The van der Waals surface area contributed by atoms with E-state index in [9.17, 15) is 0 Å². The number of hydrogen-bond donors (Lipinski definition) is 0. The van der Waals surface area contributed by atoms with E-state index in [4.69, 9.17) is 10.00 Å². The zero-order valence-corrected chi connectivity index (χ0v) is 11.8. The van der Waals surface area contributed by atoms with Crippen LogP contribution in [0.5, 0.6) is 11.6 Å². The van der Waals surface area contributed by atoms with Crippen molar-refractivity contribution < 1.29 is 4.74 Å². The molecule has 2 aromatic carbocycles. The van der Waals surface area contributed by atoms with E-state index in [1.807, 2.05) is 42.5 Å². The van der Waals surface area contributed by atoms with E-state index in [2.05, 4.69) is 25.9 Å². The van der Waals surface area contributed by atoms with Crippen molar-refractivity contribution in [1.82, 2.24) is 9.97 Å². The molecule has 0 bridgehead atoms. The number of fused-ring (bicyclic) bond motifs is 1. The Bertz CT molecular complexity index is 809. The summed E-state index contributed by atoms with van der Waals surface area (Å²) in [7, 11) is 0. The molecule has 20 heavy (non-hydrogen) atoms. The molecular weight excluding hydrogens is 318 g/mol. The molecule has 0 unspecified atom stereocenters. The van der Waals surface area contributed by atoms with Gasteiger partial charge in [-0.2, -0.15) is 5.26 Å². The van der Waals surface area contributed by atoms with Crippen molar-refractivity contribution in [1.29, 1.82) is 5.26 Å². The number of nitrogens with zero attached hydrogens (tertiary/aromatic N) is 3. The first-order valence-corrected chi connectivity index (χ1v) is 6.63. The molecule has 1 aromatic heterocycles. The number of ether oxygens (including phenoxy) is 1. The molecule has 0 aliphatic heterocycles. The number of rotatable bonds is 2. The van der Waals surface area contributed by atoms with E-state index in [1.165, 1.54) is 12.4 Å². The lowest BCUT2D eigenvalue weighted by Crippen LogP contribution is -1.91. The minimum atomic E-state index is 0.265. The van der Waals surface area contributed by atoms with Gasteiger partial charge in [0.15, 0.2) is 5.69 Å². The SMILES string of the molecule is N#Cc1cnc(Oc2ccc3cc(Br)ccc3c2)cn1. The van der Waals surface area contributed by atoms with Gasteiger partial charge in [0.05, 0.1) is 12.4 Å². The Morgan fingerprint density at radius 2 is 1.80 bits per heavy atom. The summed E-state index contributed by atoms with van der Waals surface area (Å²) in [4.78, 5) is 7.94. The molecule has 1 heterocycles. The summed E-state index contributed by atoms with van der Waals surface area (Å²) >= 11 is 3.44. The largest absolute Gasteiger partial charge is 0.437 e. The minimum Gasteiger partial charge on any atom is -0.437 e. The molecule has 0 saturated heterocycles. The fourth-order valence-electron chi connectivity index (χ4n) is 1.81. The second-order valence-electron chi connectivity index (χ2n) is 4.11. The smallest absolute Gasteiger partial charge is 0.237 e. The van der Waals surface area contributed by atoms with Crippen molar-refractivity contribution >= 4 is 26.7 Å². The third-order valence-electron chi connectivity index (χ3n) is 2.74. The summed E-state index contributed by atoms with van der Waals surface area (Å²) in [5.74, 6) is 1.04. The van der Waals surface area contributed by atoms with Gasteiger partial charge in [-0.15, -0.1) is 0 Å². The lowest BCUT2D eigenvalue weighted by Gasteiger charge is -2.05. The normalized spacial score (nSPS) is 10.2. The van der Waals surface area contributed by atoms with Gasteiger partial charge in [-0.3, -0.25) is 0 Å². The lowest BCUT2D eigenvalue weighted by molar-refractivity contribution is 0.460. The van der Waals surface area contributed by atoms with Crippen LogP contribution in [0.25, 0.3) is 10.8 Å². The van der Waals surface area contributed by atoms with Crippen LogP contribution in [0.3, 0.4) is 0 Å². The van der Waals surface area contributed by atoms with Crippen LogP contribution in [0.15, 0.2) is 53.3 Å². The third kappa shape index (κ3) is 2.60. The second-order valence-corrected chi connectivity index (χ2v) is 5.02. The molecule has 0 amide bonds. The first-order valence-electron chi connectivity index (χ1n) is 5.84. The Balaban J connectivity index is 1.90. The molecule has 0 N–H and O–H groups in total. The van der Waals surface area contributed by atoms with Gasteiger partial charge < -0.3 is 4.74 Å². The van der Waals surface area contributed by atoms with Gasteiger partial charge in [0.25, 0.3) is 0 Å². The second kappa shape index (κ2) is 5.27. The fourth-order valence-corrected chi connectivity index (χ4v) is 2.18. The molecular formula is C15H8BrN3O. The van der Waals surface area contributed by atoms with Gasteiger partial charge in [0.1, 0.15) is 11.8 Å². The summed E-state index contributed by atoms with van der Waals surface area (Å²) in [5.41, 5.74) is 0.265. The fraction of sp³-hybridized carbons (Fsp3) is 0. The van der Waals surface area contributed by atoms with Gasteiger partial charge in [0.2, 0.25) is 5.88 Å². The number of halogens is 1. The van der Waals surface area contributed by atoms with E-state index >= 15 is 0 Å². The van der Waals surface area contributed by atoms with Gasteiger partial charge in [0, 0.05) is 4.47 Å². The minimum absolute atomic E-state index is 0.265.